The number of carbonyl (C=O) groups excluding carboxylic acids is 1. The molecule has 1 aliphatic rings. The number of hydrogen-bond donors (Lipinski definition) is 3. The van der Waals surface area contributed by atoms with Crippen LogP contribution in [-0.4, -0.2) is 42.3 Å². The van der Waals surface area contributed by atoms with E-state index in [1.807, 2.05) is 20.8 Å². The molecule has 0 radical (unpaired) electrons. The van der Waals surface area contributed by atoms with Crippen LogP contribution in [-0.2, 0) is 4.79 Å². The lowest BCUT2D eigenvalue weighted by Crippen LogP contribution is -3.06. The average Bonchev–Trinajstić information content (AvgIpc) is 2.94. The first-order chi connectivity index (χ1) is 6.53. The molecule has 0 aromatic carbocycles. The van der Waals surface area contributed by atoms with E-state index in [4.69, 9.17) is 5.11 Å². The van der Waals surface area contributed by atoms with E-state index in [9.17, 15) is 4.79 Å². The molecule has 1 heterocycles. The molecule has 0 bridgehead atoms. The van der Waals surface area contributed by atoms with Crippen LogP contribution < -0.4 is 10.2 Å². The Labute approximate surface area is 85.3 Å². The number of amides is 1. The van der Waals surface area contributed by atoms with E-state index >= 15 is 0 Å². The largest absolute Gasteiger partial charge is 0.390 e. The highest BCUT2D eigenvalue weighted by Crippen LogP contribution is 2.03. The summed E-state index contributed by atoms with van der Waals surface area (Å²) in [7, 11) is 0. The molecule has 14 heavy (non-hydrogen) atoms. The van der Waals surface area contributed by atoms with Gasteiger partial charge in [0.2, 0.25) is 6.04 Å². The van der Waals surface area contributed by atoms with Gasteiger partial charge in [0.05, 0.1) is 6.61 Å². The Bertz CT molecular complexity index is 216. The lowest BCUT2D eigenvalue weighted by atomic mass is 10.1. The molecule has 82 valence electrons. The van der Waals surface area contributed by atoms with Gasteiger partial charge >= 0.3 is 0 Å². The van der Waals surface area contributed by atoms with Crippen molar-refractivity contribution in [3.63, 3.8) is 0 Å². The van der Waals surface area contributed by atoms with Crippen molar-refractivity contribution in [1.82, 2.24) is 5.32 Å². The van der Waals surface area contributed by atoms with Gasteiger partial charge in [0.1, 0.15) is 12.1 Å². The lowest BCUT2D eigenvalue weighted by molar-refractivity contribution is -0.829. The van der Waals surface area contributed by atoms with Crippen LogP contribution in [0.1, 0.15) is 27.2 Å². The van der Waals surface area contributed by atoms with Crippen LogP contribution >= 0.6 is 0 Å². The van der Waals surface area contributed by atoms with Crippen LogP contribution in [0, 0.1) is 0 Å². The Morgan fingerprint density at radius 2 is 2.29 bits per heavy atom. The SMILES string of the molecule is CCCNC(=O)[C@H]1C[NH+]1C(C)(C)CO. The van der Waals surface area contributed by atoms with Gasteiger partial charge in [-0.15, -0.1) is 0 Å². The summed E-state index contributed by atoms with van der Waals surface area (Å²) >= 11 is 0. The van der Waals surface area contributed by atoms with Gasteiger partial charge in [-0.1, -0.05) is 6.92 Å². The molecule has 0 aromatic rings. The Kier molecular flexibility index (Phi) is 3.50. The van der Waals surface area contributed by atoms with E-state index < -0.39 is 0 Å². The summed E-state index contributed by atoms with van der Waals surface area (Å²) in [6.07, 6.45) is 0.969. The summed E-state index contributed by atoms with van der Waals surface area (Å²) in [6, 6.07) is 0.0590. The second-order valence-corrected chi connectivity index (χ2v) is 4.61. The first kappa shape index (κ1) is 11.5. The molecule has 4 nitrogen and oxygen atoms in total. The van der Waals surface area contributed by atoms with Gasteiger partial charge in [-0.05, 0) is 20.3 Å². The highest BCUT2D eigenvalue weighted by Gasteiger charge is 2.54. The van der Waals surface area contributed by atoms with Crippen molar-refractivity contribution in [2.24, 2.45) is 0 Å². The summed E-state index contributed by atoms with van der Waals surface area (Å²) < 4.78 is 0. The topological polar surface area (TPSA) is 53.8 Å². The fourth-order valence-corrected chi connectivity index (χ4v) is 1.63. The zero-order valence-electron chi connectivity index (χ0n) is 9.26. The summed E-state index contributed by atoms with van der Waals surface area (Å²) in [5.74, 6) is 0.128. The van der Waals surface area contributed by atoms with Crippen molar-refractivity contribution in [2.45, 2.75) is 38.8 Å². The Morgan fingerprint density at radius 1 is 1.64 bits per heavy atom. The highest BCUT2D eigenvalue weighted by molar-refractivity contribution is 5.82. The first-order valence-electron chi connectivity index (χ1n) is 5.27. The second kappa shape index (κ2) is 4.28. The van der Waals surface area contributed by atoms with Crippen LogP contribution in [0.5, 0.6) is 0 Å². The molecule has 2 atom stereocenters. The van der Waals surface area contributed by atoms with Gasteiger partial charge in [-0.3, -0.25) is 4.79 Å². The summed E-state index contributed by atoms with van der Waals surface area (Å²) in [5.41, 5.74) is -0.186. The van der Waals surface area contributed by atoms with Gasteiger partial charge in [0, 0.05) is 6.54 Å². The minimum absolute atomic E-state index is 0.0590. The molecule has 1 fully saturated rings. The third-order valence-electron chi connectivity index (χ3n) is 2.81. The summed E-state index contributed by atoms with van der Waals surface area (Å²) in [4.78, 5) is 12.7. The van der Waals surface area contributed by atoms with Crippen LogP contribution in [0.2, 0.25) is 0 Å². The number of aliphatic hydroxyl groups excluding tert-OH is 1. The fourth-order valence-electron chi connectivity index (χ4n) is 1.63. The monoisotopic (exact) mass is 201 g/mol. The minimum atomic E-state index is -0.186. The molecule has 0 spiro atoms. The molecular weight excluding hydrogens is 180 g/mol. The van der Waals surface area contributed by atoms with E-state index in [1.54, 1.807) is 0 Å². The van der Waals surface area contributed by atoms with Crippen LogP contribution in [0.15, 0.2) is 0 Å². The number of aliphatic hydroxyl groups is 1. The predicted molar refractivity (Wildman–Crippen MR) is 54.1 cm³/mol. The third-order valence-corrected chi connectivity index (χ3v) is 2.81. The lowest BCUT2D eigenvalue weighted by Gasteiger charge is -2.20. The average molecular weight is 201 g/mol. The van der Waals surface area contributed by atoms with Crippen molar-refractivity contribution in [3.8, 4) is 0 Å². The van der Waals surface area contributed by atoms with Gasteiger partial charge in [-0.2, -0.15) is 0 Å². The molecule has 4 heteroatoms. The van der Waals surface area contributed by atoms with Crippen molar-refractivity contribution >= 4 is 5.91 Å². The van der Waals surface area contributed by atoms with Crippen LogP contribution in [0.3, 0.4) is 0 Å². The van der Waals surface area contributed by atoms with Gasteiger partial charge < -0.3 is 15.3 Å². The number of nitrogens with one attached hydrogen (secondary N) is 2. The quantitative estimate of drug-likeness (QED) is 0.477. The molecule has 1 amide bonds. The Balaban J connectivity index is 2.35. The van der Waals surface area contributed by atoms with E-state index in [1.165, 1.54) is 4.90 Å². The third kappa shape index (κ3) is 2.45. The zero-order valence-corrected chi connectivity index (χ0v) is 9.26. The van der Waals surface area contributed by atoms with E-state index in [-0.39, 0.29) is 24.1 Å². The molecule has 3 N–H and O–H groups in total. The molecule has 0 aromatic heterocycles. The van der Waals surface area contributed by atoms with E-state index in [2.05, 4.69) is 5.32 Å². The van der Waals surface area contributed by atoms with Crippen LogP contribution in [0.4, 0.5) is 0 Å². The smallest absolute Gasteiger partial charge is 0.284 e. The molecule has 1 unspecified atom stereocenters. The predicted octanol–water partition coefficient (Wildman–Crippen LogP) is -1.45. The highest BCUT2D eigenvalue weighted by atomic mass is 16.3. The maximum absolute atomic E-state index is 11.5. The van der Waals surface area contributed by atoms with Crippen molar-refractivity contribution in [1.29, 1.82) is 0 Å². The number of rotatable bonds is 5. The maximum atomic E-state index is 11.5. The summed E-state index contributed by atoms with van der Waals surface area (Å²) in [6.45, 7) is 7.73. The van der Waals surface area contributed by atoms with Gasteiger partial charge in [0.25, 0.3) is 5.91 Å². The molecule has 0 aliphatic carbocycles. The van der Waals surface area contributed by atoms with Crippen molar-refractivity contribution in [2.75, 3.05) is 19.7 Å². The van der Waals surface area contributed by atoms with Crippen molar-refractivity contribution in [3.05, 3.63) is 0 Å². The molecule has 1 aliphatic heterocycles. The molecule has 1 rings (SSSR count). The zero-order chi connectivity index (χ0) is 10.8. The van der Waals surface area contributed by atoms with E-state index in [0.717, 1.165) is 19.5 Å². The molecule has 1 saturated heterocycles. The van der Waals surface area contributed by atoms with Crippen molar-refractivity contribution < 1.29 is 14.8 Å². The number of carbonyl (C=O) groups is 1. The normalized spacial score (nSPS) is 26.0. The maximum Gasteiger partial charge on any atom is 0.284 e. The fraction of sp³-hybridized carbons (Fsp3) is 0.900. The van der Waals surface area contributed by atoms with Gasteiger partial charge in [0.15, 0.2) is 0 Å². The Hall–Kier alpha value is -0.610. The molecular formula is C10H21N2O2+. The minimum Gasteiger partial charge on any atom is -0.390 e. The first-order valence-corrected chi connectivity index (χ1v) is 5.27. The second-order valence-electron chi connectivity index (χ2n) is 4.61. The standard InChI is InChI=1S/C10H20N2O2/c1-4-5-11-9(14)8-6-12(8)10(2,3)7-13/h8,13H,4-7H2,1-3H3,(H,11,14)/p+1/t8-,12?/m1/s1. The Morgan fingerprint density at radius 3 is 2.79 bits per heavy atom. The summed E-state index contributed by atoms with van der Waals surface area (Å²) in [5, 5.41) is 12.0. The number of hydrogen-bond acceptors (Lipinski definition) is 2. The van der Waals surface area contributed by atoms with Gasteiger partial charge in [-0.25, -0.2) is 0 Å². The van der Waals surface area contributed by atoms with Crippen LogP contribution in [0.25, 0.3) is 0 Å². The number of quaternary nitrogens is 1. The molecule has 0 saturated carbocycles. The van der Waals surface area contributed by atoms with E-state index in [0.29, 0.717) is 0 Å².